The summed E-state index contributed by atoms with van der Waals surface area (Å²) in [6.07, 6.45) is 0. The largest absolute Gasteiger partial charge is 0.308 e. The van der Waals surface area contributed by atoms with E-state index in [4.69, 9.17) is 22.3 Å². The SMILES string of the molecule is CCn1c(SCC(=O)[C@H](C#N)C(C)=N)nnc1-c1cccc(Cl)c1. The van der Waals surface area contributed by atoms with Crippen molar-refractivity contribution in [2.75, 3.05) is 5.75 Å². The summed E-state index contributed by atoms with van der Waals surface area (Å²) in [7, 11) is 0. The highest BCUT2D eigenvalue weighted by atomic mass is 35.5. The number of nitriles is 1. The van der Waals surface area contributed by atoms with Gasteiger partial charge >= 0.3 is 0 Å². The van der Waals surface area contributed by atoms with Crippen LogP contribution in [0.2, 0.25) is 5.02 Å². The molecule has 1 heterocycles. The second-order valence-electron chi connectivity index (χ2n) is 5.06. The van der Waals surface area contributed by atoms with E-state index in [0.717, 1.165) is 5.56 Å². The molecule has 24 heavy (non-hydrogen) atoms. The van der Waals surface area contributed by atoms with Gasteiger partial charge in [0.05, 0.1) is 11.8 Å². The van der Waals surface area contributed by atoms with Crippen molar-refractivity contribution in [3.63, 3.8) is 0 Å². The van der Waals surface area contributed by atoms with Gasteiger partial charge in [0, 0.05) is 22.8 Å². The number of rotatable bonds is 7. The summed E-state index contributed by atoms with van der Waals surface area (Å²) < 4.78 is 1.89. The van der Waals surface area contributed by atoms with Gasteiger partial charge in [0.15, 0.2) is 16.8 Å². The number of aromatic nitrogens is 3. The predicted molar refractivity (Wildman–Crippen MR) is 94.4 cm³/mol. The van der Waals surface area contributed by atoms with Crippen molar-refractivity contribution in [2.24, 2.45) is 5.92 Å². The number of hydrogen-bond acceptors (Lipinski definition) is 6. The number of benzene rings is 1. The second kappa shape index (κ2) is 8.08. The molecule has 1 atom stereocenters. The summed E-state index contributed by atoms with van der Waals surface area (Å²) in [5, 5.41) is 26.0. The standard InChI is InChI=1S/C16H16ClN5OS/c1-3-22-15(11-5-4-6-12(17)7-11)20-21-16(22)24-9-14(23)13(8-18)10(2)19/h4-7,13,19H,3,9H2,1-2H3/t13-/m1/s1. The summed E-state index contributed by atoms with van der Waals surface area (Å²) in [5.74, 6) is -0.551. The summed E-state index contributed by atoms with van der Waals surface area (Å²) in [6.45, 7) is 4.06. The molecule has 6 nitrogen and oxygen atoms in total. The minimum Gasteiger partial charge on any atom is -0.308 e. The van der Waals surface area contributed by atoms with E-state index in [1.54, 1.807) is 12.1 Å². The van der Waals surface area contributed by atoms with Gasteiger partial charge < -0.3 is 9.98 Å². The molecule has 0 amide bonds. The fourth-order valence-corrected chi connectivity index (χ4v) is 3.25. The van der Waals surface area contributed by atoms with E-state index in [-0.39, 0.29) is 17.2 Å². The molecule has 0 aliphatic carbocycles. The van der Waals surface area contributed by atoms with Crippen LogP contribution >= 0.6 is 23.4 Å². The summed E-state index contributed by atoms with van der Waals surface area (Å²) in [5.41, 5.74) is 0.903. The molecule has 0 radical (unpaired) electrons. The van der Waals surface area contributed by atoms with Crippen molar-refractivity contribution < 1.29 is 4.79 Å². The zero-order valence-electron chi connectivity index (χ0n) is 13.3. The fourth-order valence-electron chi connectivity index (χ4n) is 2.15. The maximum atomic E-state index is 12.1. The van der Waals surface area contributed by atoms with E-state index in [9.17, 15) is 4.79 Å². The van der Waals surface area contributed by atoms with E-state index in [1.165, 1.54) is 18.7 Å². The van der Waals surface area contributed by atoms with E-state index < -0.39 is 5.92 Å². The molecule has 1 N–H and O–H groups in total. The Bertz CT molecular complexity index is 811. The van der Waals surface area contributed by atoms with Crippen molar-refractivity contribution in [3.05, 3.63) is 29.3 Å². The Labute approximate surface area is 149 Å². The van der Waals surface area contributed by atoms with Gasteiger partial charge in [-0.1, -0.05) is 35.5 Å². The lowest BCUT2D eigenvalue weighted by molar-refractivity contribution is -0.117. The Hall–Kier alpha value is -2.17. The monoisotopic (exact) mass is 361 g/mol. The molecule has 0 saturated heterocycles. The molecule has 2 rings (SSSR count). The van der Waals surface area contributed by atoms with Crippen molar-refractivity contribution in [3.8, 4) is 17.5 Å². The van der Waals surface area contributed by atoms with Crippen molar-refractivity contribution in [1.29, 1.82) is 10.7 Å². The third-order valence-electron chi connectivity index (χ3n) is 3.34. The third kappa shape index (κ3) is 4.02. The highest BCUT2D eigenvalue weighted by Gasteiger charge is 2.21. The van der Waals surface area contributed by atoms with Crippen LogP contribution in [0.3, 0.4) is 0 Å². The second-order valence-corrected chi connectivity index (χ2v) is 6.44. The Morgan fingerprint density at radius 1 is 1.50 bits per heavy atom. The van der Waals surface area contributed by atoms with Crippen LogP contribution in [0.15, 0.2) is 29.4 Å². The van der Waals surface area contributed by atoms with Crippen LogP contribution < -0.4 is 0 Å². The average Bonchev–Trinajstić information content (AvgIpc) is 2.96. The average molecular weight is 362 g/mol. The number of nitrogens with zero attached hydrogens (tertiary/aromatic N) is 4. The molecule has 0 fully saturated rings. The molecule has 0 bridgehead atoms. The topological polar surface area (TPSA) is 95.4 Å². The maximum Gasteiger partial charge on any atom is 0.191 e. The van der Waals surface area contributed by atoms with E-state index in [2.05, 4.69) is 10.2 Å². The lowest BCUT2D eigenvalue weighted by Gasteiger charge is -2.08. The van der Waals surface area contributed by atoms with Gasteiger partial charge in [-0.3, -0.25) is 4.79 Å². The lowest BCUT2D eigenvalue weighted by atomic mass is 10.0. The first-order valence-electron chi connectivity index (χ1n) is 7.27. The number of carbonyl (C=O) groups excluding carboxylic acids is 1. The quantitative estimate of drug-likeness (QED) is 0.601. The van der Waals surface area contributed by atoms with Crippen LogP contribution in [0.5, 0.6) is 0 Å². The number of hydrogen-bond donors (Lipinski definition) is 1. The van der Waals surface area contributed by atoms with Crippen LogP contribution in [0, 0.1) is 22.7 Å². The summed E-state index contributed by atoms with van der Waals surface area (Å²) in [4.78, 5) is 12.1. The number of nitrogens with one attached hydrogen (secondary N) is 1. The normalized spacial score (nSPS) is 11.8. The van der Waals surface area contributed by atoms with Gasteiger partial charge in [-0.15, -0.1) is 10.2 Å². The predicted octanol–water partition coefficient (Wildman–Crippen LogP) is 3.46. The molecule has 8 heteroatoms. The zero-order valence-corrected chi connectivity index (χ0v) is 14.9. The van der Waals surface area contributed by atoms with Crippen molar-refractivity contribution in [2.45, 2.75) is 25.5 Å². The van der Waals surface area contributed by atoms with Gasteiger partial charge in [0.1, 0.15) is 5.92 Å². The first kappa shape index (κ1) is 18.2. The molecular formula is C16H16ClN5OS. The Kier molecular flexibility index (Phi) is 6.12. The van der Waals surface area contributed by atoms with Gasteiger partial charge in [-0.25, -0.2) is 0 Å². The molecule has 1 aromatic carbocycles. The highest BCUT2D eigenvalue weighted by Crippen LogP contribution is 2.26. The molecule has 0 aliphatic rings. The third-order valence-corrected chi connectivity index (χ3v) is 4.57. The first-order chi connectivity index (χ1) is 11.5. The summed E-state index contributed by atoms with van der Waals surface area (Å²) >= 11 is 7.24. The first-order valence-corrected chi connectivity index (χ1v) is 8.63. The Balaban J connectivity index is 2.20. The lowest BCUT2D eigenvalue weighted by Crippen LogP contribution is -2.21. The molecule has 124 valence electrons. The van der Waals surface area contributed by atoms with Crippen molar-refractivity contribution >= 4 is 34.9 Å². The number of ketones is 1. The van der Waals surface area contributed by atoms with Gasteiger partial charge in [0.25, 0.3) is 0 Å². The smallest absolute Gasteiger partial charge is 0.191 e. The number of Topliss-reactive ketones (excluding diaryl/α,β-unsaturated/α-hetero) is 1. The maximum absolute atomic E-state index is 12.1. The summed E-state index contributed by atoms with van der Waals surface area (Å²) in [6, 6.07) is 9.19. The van der Waals surface area contributed by atoms with Crippen LogP contribution in [0.1, 0.15) is 13.8 Å². The Morgan fingerprint density at radius 2 is 2.25 bits per heavy atom. The Morgan fingerprint density at radius 3 is 2.83 bits per heavy atom. The fraction of sp³-hybridized carbons (Fsp3) is 0.312. The minimum absolute atomic E-state index is 0.0553. The molecule has 0 aliphatic heterocycles. The number of halogens is 1. The van der Waals surface area contributed by atoms with Gasteiger partial charge in [-0.2, -0.15) is 5.26 Å². The van der Waals surface area contributed by atoms with Gasteiger partial charge in [0.2, 0.25) is 0 Å². The van der Waals surface area contributed by atoms with Crippen LogP contribution in [0.4, 0.5) is 0 Å². The minimum atomic E-state index is -0.997. The molecule has 0 saturated carbocycles. The van der Waals surface area contributed by atoms with Crippen LogP contribution in [-0.2, 0) is 11.3 Å². The molecular weight excluding hydrogens is 346 g/mol. The van der Waals surface area contributed by atoms with Gasteiger partial charge in [-0.05, 0) is 26.0 Å². The molecule has 2 aromatic rings. The van der Waals surface area contributed by atoms with E-state index >= 15 is 0 Å². The van der Waals surface area contributed by atoms with Crippen LogP contribution in [0.25, 0.3) is 11.4 Å². The number of thioether (sulfide) groups is 1. The van der Waals surface area contributed by atoms with E-state index in [1.807, 2.05) is 29.7 Å². The molecule has 1 aromatic heterocycles. The van der Waals surface area contributed by atoms with E-state index in [0.29, 0.717) is 22.5 Å². The highest BCUT2D eigenvalue weighted by molar-refractivity contribution is 7.99. The number of carbonyl (C=O) groups is 1. The molecule has 0 spiro atoms. The molecule has 0 unspecified atom stereocenters. The van der Waals surface area contributed by atoms with Crippen LogP contribution in [-0.4, -0.2) is 32.0 Å². The zero-order chi connectivity index (χ0) is 17.7. The van der Waals surface area contributed by atoms with Crippen molar-refractivity contribution in [1.82, 2.24) is 14.8 Å².